The molecule has 2 fully saturated rings. The predicted molar refractivity (Wildman–Crippen MR) is 264 cm³/mol. The van der Waals surface area contributed by atoms with E-state index in [4.69, 9.17) is 32.7 Å². The smallest absolute Gasteiger partial charge is 0.318 e. The molecule has 6 aromatic rings. The number of aryl methyl sites for hydroxylation is 2. The van der Waals surface area contributed by atoms with Crippen molar-refractivity contribution in [3.8, 4) is 0 Å². The molecule has 2 saturated heterocycles. The lowest BCUT2D eigenvalue weighted by atomic mass is 9.68. The number of fused-ring (bicyclic) bond motifs is 4. The van der Waals surface area contributed by atoms with Crippen LogP contribution in [-0.2, 0) is 61.5 Å². The van der Waals surface area contributed by atoms with E-state index in [0.29, 0.717) is 43.4 Å². The largest absolute Gasteiger partial charge is 0.468 e. The molecular formula is C54H44Cl2N2O10S2. The lowest BCUT2D eigenvalue weighted by Crippen LogP contribution is -2.41. The monoisotopic (exact) mass is 1010 g/mol. The third-order valence-electron chi connectivity index (χ3n) is 13.3. The Balaban J connectivity index is 0.000000174. The first-order valence-electron chi connectivity index (χ1n) is 22.0. The second kappa shape index (κ2) is 18.2. The van der Waals surface area contributed by atoms with Crippen LogP contribution in [0.15, 0.2) is 167 Å². The van der Waals surface area contributed by atoms with Gasteiger partial charge in [0, 0.05) is 21.2 Å². The second-order valence-electron chi connectivity index (χ2n) is 17.6. The summed E-state index contributed by atoms with van der Waals surface area (Å²) in [6.07, 6.45) is 0.229. The number of carbonyl (C=O) groups excluding carboxylic acids is 4. The van der Waals surface area contributed by atoms with Crippen LogP contribution in [-0.4, -0.2) is 76.5 Å². The maximum atomic E-state index is 14.0. The van der Waals surface area contributed by atoms with Gasteiger partial charge in [0.1, 0.15) is 10.8 Å². The van der Waals surface area contributed by atoms with Crippen LogP contribution < -0.4 is 0 Å². The number of hydrogen-bond donors (Lipinski definition) is 0. The Morgan fingerprint density at radius 2 is 0.857 bits per heavy atom. The van der Waals surface area contributed by atoms with E-state index in [1.54, 1.807) is 48.5 Å². The summed E-state index contributed by atoms with van der Waals surface area (Å²) in [5, 5.41) is 0.941. The zero-order valence-corrected chi connectivity index (χ0v) is 41.4. The molecule has 0 unspecified atom stereocenters. The first kappa shape index (κ1) is 48.2. The van der Waals surface area contributed by atoms with Crippen molar-refractivity contribution < 1.29 is 45.5 Å². The summed E-state index contributed by atoms with van der Waals surface area (Å²) in [4.78, 5) is 54.7. The Hall–Kier alpha value is -6.84. The fourth-order valence-electron chi connectivity index (χ4n) is 9.96. The van der Waals surface area contributed by atoms with E-state index in [1.807, 2.05) is 86.6 Å². The fraction of sp³-hybridized carbons (Fsp3) is 0.185. The number of nitrogens with zero attached hydrogens (tertiary/aromatic N) is 2. The standard InChI is InChI=1S/2C27H22ClNO5S/c2*1-17-8-12-21(13-9-17)35(32,33)29-16-27(26(31)34-2)15-19-10-11-20(28)14-22(19)23(24(27)25(29)30)18-6-4-3-5-7-18/h2*3-14H,15-16H2,1-2H3/t2*27-/m10/s1. The van der Waals surface area contributed by atoms with E-state index in [2.05, 4.69) is 0 Å². The highest BCUT2D eigenvalue weighted by molar-refractivity contribution is 7.90. The molecule has 0 N–H and O–H groups in total. The number of halogens is 2. The molecule has 0 bridgehead atoms. The van der Waals surface area contributed by atoms with Gasteiger partial charge in [-0.1, -0.05) is 131 Å². The maximum Gasteiger partial charge on any atom is 0.318 e. The van der Waals surface area contributed by atoms with Gasteiger partial charge in [0.2, 0.25) is 0 Å². The Morgan fingerprint density at radius 1 is 0.514 bits per heavy atom. The van der Waals surface area contributed by atoms with Crippen molar-refractivity contribution in [3.63, 3.8) is 0 Å². The summed E-state index contributed by atoms with van der Waals surface area (Å²) in [7, 11) is -5.96. The second-order valence-corrected chi connectivity index (χ2v) is 22.2. The van der Waals surface area contributed by atoms with Gasteiger partial charge in [-0.3, -0.25) is 19.2 Å². The van der Waals surface area contributed by atoms with Gasteiger partial charge in [-0.05, 0) is 120 Å². The molecule has 6 aromatic carbocycles. The first-order chi connectivity index (χ1) is 33.4. The van der Waals surface area contributed by atoms with Crippen LogP contribution in [0, 0.1) is 24.7 Å². The molecular weight excluding hydrogens is 972 g/mol. The Kier molecular flexibility index (Phi) is 12.5. The predicted octanol–water partition coefficient (Wildman–Crippen LogP) is 8.79. The summed E-state index contributed by atoms with van der Waals surface area (Å²) in [5.74, 6) is -2.78. The molecule has 0 saturated carbocycles. The number of sulfonamides is 2. The molecule has 16 heteroatoms. The van der Waals surface area contributed by atoms with Crippen molar-refractivity contribution in [2.75, 3.05) is 27.3 Å². The van der Waals surface area contributed by atoms with Crippen LogP contribution in [0.2, 0.25) is 10.0 Å². The summed E-state index contributed by atoms with van der Waals surface area (Å²) in [5.41, 5.74) is 4.32. The lowest BCUT2D eigenvalue weighted by Gasteiger charge is -2.33. The van der Waals surface area contributed by atoms with Crippen LogP contribution in [0.5, 0.6) is 0 Å². The van der Waals surface area contributed by atoms with Gasteiger partial charge < -0.3 is 9.47 Å². The van der Waals surface area contributed by atoms with E-state index in [0.717, 1.165) is 30.9 Å². The minimum absolute atomic E-state index is 0.0162. The number of amides is 2. The van der Waals surface area contributed by atoms with Crippen molar-refractivity contribution in [1.82, 2.24) is 8.61 Å². The average Bonchev–Trinajstić information content (AvgIpc) is 3.85. The van der Waals surface area contributed by atoms with Crippen LogP contribution in [0.1, 0.15) is 44.5 Å². The zero-order chi connectivity index (χ0) is 49.9. The fourth-order valence-corrected chi connectivity index (χ4v) is 13.2. The zero-order valence-electron chi connectivity index (χ0n) is 38.2. The molecule has 2 heterocycles. The number of esters is 2. The van der Waals surface area contributed by atoms with Crippen LogP contribution in [0.4, 0.5) is 0 Å². The molecule has 2 aliphatic heterocycles. The number of hydrogen-bond acceptors (Lipinski definition) is 10. The summed E-state index contributed by atoms with van der Waals surface area (Å²) in [6.45, 7) is 3.00. The molecule has 2 atom stereocenters. The van der Waals surface area contributed by atoms with Gasteiger partial charge >= 0.3 is 11.9 Å². The SMILES string of the molecule is COC(=O)[C@@]12Cc3ccc(Cl)cc3C(c3ccccc3)=C1C(=O)N(S(=O)(=O)c1ccc(C)cc1)C2.COC(=O)[C@]12Cc3ccc(Cl)cc3C(c3ccccc3)=C1C(=O)N(S(=O)(=O)c1ccc(C)cc1)C2. The molecule has 2 amide bonds. The molecule has 0 spiro atoms. The Bertz CT molecular complexity index is 3220. The third kappa shape index (κ3) is 7.92. The van der Waals surface area contributed by atoms with Crippen LogP contribution in [0.25, 0.3) is 11.1 Å². The average molecular weight is 1020 g/mol. The van der Waals surface area contributed by atoms with E-state index >= 15 is 0 Å². The van der Waals surface area contributed by atoms with Crippen molar-refractivity contribution in [1.29, 1.82) is 0 Å². The van der Waals surface area contributed by atoms with Crippen LogP contribution in [0.3, 0.4) is 0 Å². The van der Waals surface area contributed by atoms with Crippen LogP contribution >= 0.6 is 23.2 Å². The van der Waals surface area contributed by atoms with Gasteiger partial charge in [0.05, 0.1) is 37.1 Å². The van der Waals surface area contributed by atoms with E-state index < -0.39 is 54.6 Å². The Labute approximate surface area is 415 Å². The van der Waals surface area contributed by atoms with E-state index in [-0.39, 0.29) is 46.9 Å². The number of carbonyl (C=O) groups is 4. The molecule has 10 rings (SSSR count). The number of rotatable bonds is 8. The summed E-state index contributed by atoms with van der Waals surface area (Å²) < 4.78 is 66.5. The first-order valence-corrected chi connectivity index (χ1v) is 25.6. The highest BCUT2D eigenvalue weighted by Gasteiger charge is 2.62. The molecule has 2 aliphatic carbocycles. The normalized spacial score (nSPS) is 19.4. The van der Waals surface area contributed by atoms with Crippen molar-refractivity contribution in [2.24, 2.45) is 10.8 Å². The number of ether oxygens (including phenoxy) is 2. The van der Waals surface area contributed by atoms with Gasteiger partial charge in [-0.15, -0.1) is 0 Å². The molecule has 12 nitrogen and oxygen atoms in total. The molecule has 70 heavy (non-hydrogen) atoms. The highest BCUT2D eigenvalue weighted by atomic mass is 35.5. The third-order valence-corrected chi connectivity index (χ3v) is 17.3. The molecule has 4 aliphatic rings. The summed E-state index contributed by atoms with van der Waals surface area (Å²) >= 11 is 12.6. The molecule has 0 aromatic heterocycles. The molecule has 356 valence electrons. The quantitative estimate of drug-likeness (QED) is 0.135. The number of methoxy groups -OCH3 is 2. The van der Waals surface area contributed by atoms with Gasteiger partial charge in [0.25, 0.3) is 31.9 Å². The lowest BCUT2D eigenvalue weighted by molar-refractivity contribution is -0.150. The minimum Gasteiger partial charge on any atom is -0.468 e. The Morgan fingerprint density at radius 3 is 1.19 bits per heavy atom. The van der Waals surface area contributed by atoms with Crippen molar-refractivity contribution >= 4 is 78.1 Å². The molecule has 0 radical (unpaired) electrons. The number of benzene rings is 6. The van der Waals surface area contributed by atoms with E-state index in [9.17, 15) is 36.0 Å². The van der Waals surface area contributed by atoms with E-state index in [1.165, 1.54) is 38.5 Å². The maximum absolute atomic E-state index is 14.0. The highest BCUT2D eigenvalue weighted by Crippen LogP contribution is 2.54. The minimum atomic E-state index is -4.23. The van der Waals surface area contributed by atoms with Gasteiger partial charge in [-0.25, -0.2) is 25.4 Å². The van der Waals surface area contributed by atoms with Gasteiger partial charge in [0.15, 0.2) is 0 Å². The topological polar surface area (TPSA) is 162 Å². The van der Waals surface area contributed by atoms with Crippen molar-refractivity contribution in [2.45, 2.75) is 36.5 Å². The van der Waals surface area contributed by atoms with Crippen molar-refractivity contribution in [3.05, 3.63) is 211 Å². The van der Waals surface area contributed by atoms with Gasteiger partial charge in [-0.2, -0.15) is 0 Å². The summed E-state index contributed by atoms with van der Waals surface area (Å²) in [6, 6.07) is 41.4.